The Hall–Kier alpha value is -2.44. The highest BCUT2D eigenvalue weighted by Gasteiger charge is 2.31. The van der Waals surface area contributed by atoms with Gasteiger partial charge in [-0.15, -0.1) is 13.2 Å². The molecule has 12 heteroatoms. The van der Waals surface area contributed by atoms with Gasteiger partial charge in [0.2, 0.25) is 11.8 Å². The molecule has 1 aromatic carbocycles. The molecule has 2 heterocycles. The van der Waals surface area contributed by atoms with Gasteiger partial charge in [-0.05, 0) is 12.1 Å². The highest BCUT2D eigenvalue weighted by molar-refractivity contribution is 7.22. The molecule has 0 bridgehead atoms. The Morgan fingerprint density at radius 2 is 2.18 bits per heavy atom. The molecule has 1 aliphatic heterocycles. The van der Waals surface area contributed by atoms with Crippen molar-refractivity contribution in [3.05, 3.63) is 18.2 Å². The first-order valence-electron chi connectivity index (χ1n) is 8.36. The average Bonchev–Trinajstić information content (AvgIpc) is 3.01. The molecule has 1 fully saturated rings. The zero-order valence-electron chi connectivity index (χ0n) is 14.8. The summed E-state index contributed by atoms with van der Waals surface area (Å²) in [6.07, 6.45) is -4.78. The van der Waals surface area contributed by atoms with Crippen molar-refractivity contribution < 1.29 is 27.5 Å². The predicted molar refractivity (Wildman–Crippen MR) is 97.2 cm³/mol. The number of carbonyl (C=O) groups is 2. The van der Waals surface area contributed by atoms with Gasteiger partial charge in [-0.3, -0.25) is 9.59 Å². The number of ether oxygens (including phenoxy) is 1. The number of halogens is 3. The number of anilines is 1. The molecule has 2 aromatic rings. The highest BCUT2D eigenvalue weighted by atomic mass is 32.1. The minimum absolute atomic E-state index is 0.171. The lowest BCUT2D eigenvalue weighted by molar-refractivity contribution is -0.274. The van der Waals surface area contributed by atoms with E-state index in [4.69, 9.17) is 0 Å². The fraction of sp³-hybridized carbons (Fsp3) is 0.438. The second-order valence-corrected chi connectivity index (χ2v) is 7.18. The molecule has 0 saturated carbocycles. The number of aromatic nitrogens is 1. The predicted octanol–water partition coefficient (Wildman–Crippen LogP) is 1.15. The van der Waals surface area contributed by atoms with Gasteiger partial charge in [0.15, 0.2) is 5.13 Å². The molecule has 1 aliphatic rings. The van der Waals surface area contributed by atoms with Crippen LogP contribution >= 0.6 is 11.3 Å². The number of piperazine rings is 1. The second-order valence-electron chi connectivity index (χ2n) is 6.15. The maximum absolute atomic E-state index is 12.3. The number of fused-ring (bicyclic) bond motifs is 1. The first kappa shape index (κ1) is 20.3. The first-order chi connectivity index (χ1) is 13.2. The smallest absolute Gasteiger partial charge is 0.406 e. The first-order valence-corrected chi connectivity index (χ1v) is 9.18. The Bertz CT molecular complexity index is 867. The average molecular weight is 417 g/mol. The minimum Gasteiger partial charge on any atom is -0.406 e. The van der Waals surface area contributed by atoms with Crippen LogP contribution in [-0.4, -0.2) is 67.3 Å². The van der Waals surface area contributed by atoms with Crippen LogP contribution in [0.5, 0.6) is 5.75 Å². The molecule has 0 radical (unpaired) electrons. The van der Waals surface area contributed by atoms with E-state index in [2.05, 4.69) is 25.7 Å². The van der Waals surface area contributed by atoms with Gasteiger partial charge in [-0.25, -0.2) is 4.98 Å². The number of likely N-dealkylation sites (N-methyl/N-ethyl adjacent to an activating group) is 1. The largest absolute Gasteiger partial charge is 0.573 e. The molecule has 0 unspecified atom stereocenters. The molecule has 1 saturated heterocycles. The fourth-order valence-electron chi connectivity index (χ4n) is 2.70. The van der Waals surface area contributed by atoms with Gasteiger partial charge in [0.25, 0.3) is 0 Å². The van der Waals surface area contributed by atoms with Crippen molar-refractivity contribution in [2.45, 2.75) is 12.4 Å². The van der Waals surface area contributed by atoms with Gasteiger partial charge in [-0.2, -0.15) is 0 Å². The molecule has 8 nitrogen and oxygen atoms in total. The van der Waals surface area contributed by atoms with E-state index in [1.807, 2.05) is 0 Å². The maximum atomic E-state index is 12.3. The molecule has 2 amide bonds. The van der Waals surface area contributed by atoms with Gasteiger partial charge in [-0.1, -0.05) is 11.3 Å². The number of nitrogens with one attached hydrogen (secondary N) is 3. The second kappa shape index (κ2) is 8.29. The molecule has 0 aliphatic carbocycles. The Labute approximate surface area is 162 Å². The lowest BCUT2D eigenvalue weighted by atomic mass is 10.2. The third-order valence-electron chi connectivity index (χ3n) is 3.94. The summed E-state index contributed by atoms with van der Waals surface area (Å²) in [7, 11) is 1.53. The van der Waals surface area contributed by atoms with Crippen molar-refractivity contribution >= 4 is 38.5 Å². The number of hydrogen-bond donors (Lipinski definition) is 3. The molecule has 3 rings (SSSR count). The van der Waals surface area contributed by atoms with Crippen molar-refractivity contribution in [3.63, 3.8) is 0 Å². The van der Waals surface area contributed by atoms with Gasteiger partial charge in [0.1, 0.15) is 5.75 Å². The van der Waals surface area contributed by atoms with Crippen molar-refractivity contribution in [1.29, 1.82) is 0 Å². The standard InChI is InChI=1S/C16H18F3N5O3S/c1-24(14(26)11-7-20-4-5-21-11)8-13(25)23-15-22-10-3-2-9(6-12(10)28-15)27-16(17,18)19/h2-3,6,11,20-21H,4-5,7-8H2,1H3,(H,22,23,25)/t11-/m1/s1. The summed E-state index contributed by atoms with van der Waals surface area (Å²) in [6, 6.07) is 3.34. The minimum atomic E-state index is -4.78. The van der Waals surface area contributed by atoms with E-state index in [0.717, 1.165) is 23.9 Å². The molecule has 1 aromatic heterocycles. The zero-order valence-corrected chi connectivity index (χ0v) is 15.6. The third kappa shape index (κ3) is 5.30. The Morgan fingerprint density at radius 3 is 2.86 bits per heavy atom. The Balaban J connectivity index is 1.60. The van der Waals surface area contributed by atoms with Crippen molar-refractivity contribution in [2.24, 2.45) is 0 Å². The van der Waals surface area contributed by atoms with E-state index >= 15 is 0 Å². The van der Waals surface area contributed by atoms with Gasteiger partial charge < -0.3 is 25.6 Å². The van der Waals surface area contributed by atoms with Gasteiger partial charge >= 0.3 is 6.36 Å². The van der Waals surface area contributed by atoms with Crippen LogP contribution in [0.15, 0.2) is 18.2 Å². The summed E-state index contributed by atoms with van der Waals surface area (Å²) in [6.45, 7) is 1.77. The SMILES string of the molecule is CN(CC(=O)Nc1nc2ccc(OC(F)(F)F)cc2s1)C(=O)[C@H]1CNCCN1. The number of thiazole rings is 1. The number of nitrogens with zero attached hydrogens (tertiary/aromatic N) is 2. The van der Waals surface area contributed by atoms with Crippen molar-refractivity contribution in [3.8, 4) is 5.75 Å². The van der Waals surface area contributed by atoms with Crippen molar-refractivity contribution in [2.75, 3.05) is 38.5 Å². The maximum Gasteiger partial charge on any atom is 0.573 e. The van der Waals surface area contributed by atoms with Gasteiger partial charge in [0.05, 0.1) is 22.8 Å². The van der Waals surface area contributed by atoms with Crippen molar-refractivity contribution in [1.82, 2.24) is 20.5 Å². The quantitative estimate of drug-likeness (QED) is 0.676. The Morgan fingerprint density at radius 1 is 1.39 bits per heavy atom. The Kier molecular flexibility index (Phi) is 6.01. The molecule has 3 N–H and O–H groups in total. The van der Waals surface area contributed by atoms with Crippen LogP contribution in [0.2, 0.25) is 0 Å². The van der Waals surface area contributed by atoms with E-state index in [-0.39, 0.29) is 29.4 Å². The molecule has 28 heavy (non-hydrogen) atoms. The summed E-state index contributed by atoms with van der Waals surface area (Å²) in [4.78, 5) is 30.0. The normalized spacial score (nSPS) is 17.4. The fourth-order valence-corrected chi connectivity index (χ4v) is 3.61. The van der Waals surface area contributed by atoms with Crippen LogP contribution in [-0.2, 0) is 9.59 Å². The van der Waals surface area contributed by atoms with E-state index < -0.39 is 12.3 Å². The van der Waals surface area contributed by atoms with E-state index in [1.54, 1.807) is 0 Å². The summed E-state index contributed by atoms with van der Waals surface area (Å²) >= 11 is 1.01. The number of amides is 2. The van der Waals surface area contributed by atoms with E-state index in [9.17, 15) is 22.8 Å². The number of benzene rings is 1. The topological polar surface area (TPSA) is 95.6 Å². The van der Waals surface area contributed by atoms with Crippen LogP contribution in [0, 0.1) is 0 Å². The summed E-state index contributed by atoms with van der Waals surface area (Å²) in [5.74, 6) is -1.02. The highest BCUT2D eigenvalue weighted by Crippen LogP contribution is 2.31. The monoisotopic (exact) mass is 417 g/mol. The van der Waals surface area contributed by atoms with Gasteiger partial charge in [0, 0.05) is 32.7 Å². The molecule has 152 valence electrons. The summed E-state index contributed by atoms with van der Waals surface area (Å²) in [5, 5.41) is 8.96. The van der Waals surface area contributed by atoms with Crippen LogP contribution in [0.25, 0.3) is 10.2 Å². The van der Waals surface area contributed by atoms with Crippen LogP contribution in [0.3, 0.4) is 0 Å². The van der Waals surface area contributed by atoms with E-state index in [0.29, 0.717) is 23.3 Å². The molecular weight excluding hydrogens is 399 g/mol. The number of carbonyl (C=O) groups excluding carboxylic acids is 2. The summed E-state index contributed by atoms with van der Waals surface area (Å²) < 4.78 is 41.2. The lowest BCUT2D eigenvalue weighted by Gasteiger charge is -2.27. The lowest BCUT2D eigenvalue weighted by Crippen LogP contribution is -2.56. The number of hydrogen-bond acceptors (Lipinski definition) is 7. The summed E-state index contributed by atoms with van der Waals surface area (Å²) in [5.41, 5.74) is 0.428. The number of alkyl halides is 3. The van der Waals surface area contributed by atoms with E-state index in [1.165, 1.54) is 24.1 Å². The third-order valence-corrected chi connectivity index (χ3v) is 4.87. The molecule has 0 spiro atoms. The van der Waals surface area contributed by atoms with Crippen LogP contribution < -0.4 is 20.7 Å². The zero-order chi connectivity index (χ0) is 20.3. The van der Waals surface area contributed by atoms with Crippen LogP contribution in [0.4, 0.5) is 18.3 Å². The molecular formula is C16H18F3N5O3S. The molecule has 1 atom stereocenters. The number of rotatable bonds is 5. The van der Waals surface area contributed by atoms with Crippen LogP contribution in [0.1, 0.15) is 0 Å².